The van der Waals surface area contributed by atoms with Gasteiger partial charge in [-0.3, -0.25) is 0 Å². The van der Waals surface area contributed by atoms with Crippen molar-refractivity contribution in [3.8, 4) is 72.4 Å². The molecule has 4 heteroatoms. The summed E-state index contributed by atoms with van der Waals surface area (Å²) in [5.74, 6) is 0. The van der Waals surface area contributed by atoms with Crippen LogP contribution in [-0.2, 0) is 32.5 Å². The second-order valence-electron chi connectivity index (χ2n) is 39.0. The van der Waals surface area contributed by atoms with E-state index in [1.54, 1.807) is 0 Å². The molecule has 0 fully saturated rings. The van der Waals surface area contributed by atoms with Crippen molar-refractivity contribution in [1.29, 1.82) is 0 Å². The van der Waals surface area contributed by atoms with Crippen LogP contribution in [0.15, 0.2) is 291 Å². The highest BCUT2D eigenvalue weighted by Crippen LogP contribution is 2.57. The largest absolute Gasteiger partial charge is 0.310 e. The number of aromatic nitrogens is 1. The molecule has 0 N–H and O–H groups in total. The van der Waals surface area contributed by atoms with Crippen LogP contribution in [0.1, 0.15) is 158 Å². The SMILES string of the molecule is CC(C)(C)c1cccc(-c2cc(-c3ccccc3)cc(-c3cccc(C(C)(C)C)c3)c2N2c3cc(-c4cc(C(C)(C)C)cc(C(C)(C)C)c4)ccc3B3c4ccc(-n5c6ccc7cccc8c9cccc%10ccc5c(c%109)c6c78)cc4N(c4c(-c5ccccc5)cc(C(C)(C)C)cc4-c4ccccc4)c4cc(C(C)(C)C)cc2c43)c1. The molecule has 0 aliphatic carbocycles. The van der Waals surface area contributed by atoms with E-state index in [1.165, 1.54) is 154 Å². The van der Waals surface area contributed by atoms with Crippen LogP contribution in [0.5, 0.6) is 0 Å². The molecule has 2 aliphatic heterocycles. The van der Waals surface area contributed by atoms with E-state index in [-0.39, 0.29) is 39.2 Å². The number of benzene rings is 16. The van der Waals surface area contributed by atoms with Crippen molar-refractivity contribution in [2.75, 3.05) is 9.80 Å². The van der Waals surface area contributed by atoms with Crippen LogP contribution in [0.4, 0.5) is 34.1 Å². The Hall–Kier alpha value is -11.7. The quantitative estimate of drug-likeness (QED) is 0.0811. The average Bonchev–Trinajstić information content (AvgIpc) is 0.923. The predicted octanol–water partition coefficient (Wildman–Crippen LogP) is 29.0. The molecule has 1 aromatic heterocycles. The number of hydrogen-bond donors (Lipinski definition) is 0. The summed E-state index contributed by atoms with van der Waals surface area (Å²) in [6.45, 7) is 42.5. The highest BCUT2D eigenvalue weighted by Gasteiger charge is 2.47. The molecule has 2 aliphatic rings. The molecule has 0 bridgehead atoms. The third kappa shape index (κ3) is 11.9. The van der Waals surface area contributed by atoms with Gasteiger partial charge in [-0.05, 0) is 226 Å². The fraction of sp³-hybridized carbons (Fsp3) is 0.218. The first kappa shape index (κ1) is 72.5. The summed E-state index contributed by atoms with van der Waals surface area (Å²) < 4.78 is 2.61. The number of anilines is 6. The number of fused-ring (bicyclic) bond motifs is 5. The van der Waals surface area contributed by atoms with Crippen LogP contribution in [-0.4, -0.2) is 11.3 Å². The molecule has 0 radical (unpaired) electrons. The highest BCUT2D eigenvalue weighted by atomic mass is 15.2. The van der Waals surface area contributed by atoms with Crippen molar-refractivity contribution in [3.63, 3.8) is 0 Å². The second kappa shape index (κ2) is 25.9. The van der Waals surface area contributed by atoms with E-state index in [2.05, 4.69) is 430 Å². The lowest BCUT2D eigenvalue weighted by molar-refractivity contribution is 0.569. The summed E-state index contributed by atoms with van der Waals surface area (Å²) in [5, 5.41) is 10.4. The van der Waals surface area contributed by atoms with Gasteiger partial charge in [0.15, 0.2) is 0 Å². The van der Waals surface area contributed by atoms with Gasteiger partial charge in [0.2, 0.25) is 0 Å². The molecule has 17 aromatic rings. The number of hydrogen-bond acceptors (Lipinski definition) is 2. The monoisotopic (exact) mass is 1480 g/mol. The Morgan fingerprint density at radius 3 is 1.04 bits per heavy atom. The highest BCUT2D eigenvalue weighted by molar-refractivity contribution is 7.00. The molecule has 0 atom stereocenters. The van der Waals surface area contributed by atoms with E-state index in [1.807, 2.05) is 0 Å². The molecule has 3 heterocycles. The van der Waals surface area contributed by atoms with Gasteiger partial charge >= 0.3 is 0 Å². The minimum Gasteiger partial charge on any atom is -0.310 e. The summed E-state index contributed by atoms with van der Waals surface area (Å²) in [7, 11) is 0. The lowest BCUT2D eigenvalue weighted by Crippen LogP contribution is -2.61. The van der Waals surface area contributed by atoms with Crippen LogP contribution in [0.25, 0.3) is 127 Å². The van der Waals surface area contributed by atoms with Crippen molar-refractivity contribution in [1.82, 2.24) is 4.57 Å². The Bertz CT molecular complexity index is 6430. The molecular weight excluding hydrogens is 1370 g/mol. The first-order chi connectivity index (χ1) is 54.3. The van der Waals surface area contributed by atoms with E-state index in [0.29, 0.717) is 0 Å². The molecule has 0 amide bonds. The van der Waals surface area contributed by atoms with Gasteiger partial charge in [-0.2, -0.15) is 0 Å². The van der Waals surface area contributed by atoms with Gasteiger partial charge in [0.25, 0.3) is 6.71 Å². The zero-order valence-electron chi connectivity index (χ0n) is 69.6. The Morgan fingerprint density at radius 2 is 0.596 bits per heavy atom. The van der Waals surface area contributed by atoms with Crippen LogP contribution in [0, 0.1) is 0 Å². The summed E-state index contributed by atoms with van der Waals surface area (Å²) in [4.78, 5) is 5.57. The maximum absolute atomic E-state index is 2.79. The molecule has 19 rings (SSSR count). The molecule has 0 spiro atoms. The van der Waals surface area contributed by atoms with Crippen LogP contribution in [0.2, 0.25) is 0 Å². The molecule has 16 aromatic carbocycles. The topological polar surface area (TPSA) is 11.4 Å². The van der Waals surface area contributed by atoms with E-state index in [4.69, 9.17) is 0 Å². The molecule has 0 saturated heterocycles. The van der Waals surface area contributed by atoms with Crippen molar-refractivity contribution in [2.45, 2.75) is 157 Å². The summed E-state index contributed by atoms with van der Waals surface area (Å²) in [6.07, 6.45) is 0. The third-order valence-corrected chi connectivity index (χ3v) is 25.1. The smallest absolute Gasteiger partial charge is 0.252 e. The molecule has 3 nitrogen and oxygen atoms in total. The molecule has 0 unspecified atom stereocenters. The van der Waals surface area contributed by atoms with Crippen molar-refractivity contribution < 1.29 is 0 Å². The Kier molecular flexibility index (Phi) is 16.5. The average molecular weight is 1480 g/mol. The van der Waals surface area contributed by atoms with E-state index >= 15 is 0 Å². The summed E-state index contributed by atoms with van der Waals surface area (Å²) in [6, 6.07) is 114. The first-order valence-electron chi connectivity index (χ1n) is 41.2. The van der Waals surface area contributed by atoms with E-state index < -0.39 is 0 Å². The maximum Gasteiger partial charge on any atom is 0.252 e. The second-order valence-corrected chi connectivity index (χ2v) is 39.0. The fourth-order valence-corrected chi connectivity index (χ4v) is 18.7. The van der Waals surface area contributed by atoms with E-state index in [0.717, 1.165) is 56.4 Å². The van der Waals surface area contributed by atoms with Crippen LogP contribution in [0.3, 0.4) is 0 Å². The lowest BCUT2D eigenvalue weighted by atomic mass is 9.33. The normalized spacial score (nSPS) is 13.5. The van der Waals surface area contributed by atoms with Gasteiger partial charge < -0.3 is 14.4 Å². The Balaban J connectivity index is 1.01. The van der Waals surface area contributed by atoms with Crippen LogP contribution >= 0.6 is 0 Å². The number of nitrogens with zero attached hydrogens (tertiary/aromatic N) is 3. The van der Waals surface area contributed by atoms with Crippen molar-refractivity contribution in [3.05, 3.63) is 325 Å². The molecule has 114 heavy (non-hydrogen) atoms. The molecule has 0 saturated carbocycles. The fourth-order valence-electron chi connectivity index (χ4n) is 18.7. The zero-order chi connectivity index (χ0) is 79.2. The summed E-state index contributed by atoms with van der Waals surface area (Å²) in [5.41, 5.74) is 34.9. The summed E-state index contributed by atoms with van der Waals surface area (Å²) >= 11 is 0. The standard InChI is InChI=1S/C110H102BN3/c1-105(2,3)77-42-28-40-73(54-77)86-58-76(67-32-22-19-23-33-67)59-87(74-41-29-43-78(55-74)106(4,5)6)103(86)113-94-60-72(75-56-79(107(7,8)9)61-80(57-75)108(10,11)12)46-50-90(94)111-91-51-49-83(112-92-52-47-70-38-30-44-84-85-45-31-39-71-48-53-93(112)101(99(71)85)100(92)98(70)84)66-95(91)114(97-65-82(110(16,17)18)64-96(113)102(97)111)104-88(68-34-24-20-25-35-68)62-81(109(13,14)15)63-89(104)69-36-26-21-27-37-69/h19-66H,1-18H3. The minimum absolute atomic E-state index is 0.115. The predicted molar refractivity (Wildman–Crippen MR) is 495 cm³/mol. The minimum atomic E-state index is -0.358. The lowest BCUT2D eigenvalue weighted by Gasteiger charge is -2.47. The van der Waals surface area contributed by atoms with Crippen molar-refractivity contribution in [2.24, 2.45) is 0 Å². The van der Waals surface area contributed by atoms with Gasteiger partial charge in [0.05, 0.1) is 22.4 Å². The van der Waals surface area contributed by atoms with Gasteiger partial charge in [0.1, 0.15) is 0 Å². The number of rotatable bonds is 9. The molecular formula is C110H102BN3. The first-order valence-corrected chi connectivity index (χ1v) is 41.2. The van der Waals surface area contributed by atoms with Gasteiger partial charge in [-0.1, -0.05) is 349 Å². The Labute approximate surface area is 675 Å². The van der Waals surface area contributed by atoms with Gasteiger partial charge in [0, 0.05) is 61.5 Å². The maximum atomic E-state index is 2.79. The molecule has 560 valence electrons. The van der Waals surface area contributed by atoms with Gasteiger partial charge in [-0.25, -0.2) is 0 Å². The zero-order valence-corrected chi connectivity index (χ0v) is 69.6. The van der Waals surface area contributed by atoms with E-state index in [9.17, 15) is 0 Å². The van der Waals surface area contributed by atoms with Crippen molar-refractivity contribution >= 4 is 111 Å². The van der Waals surface area contributed by atoms with Crippen LogP contribution < -0.4 is 26.2 Å². The third-order valence-electron chi connectivity index (χ3n) is 25.1. The Morgan fingerprint density at radius 1 is 0.228 bits per heavy atom. The van der Waals surface area contributed by atoms with Gasteiger partial charge in [-0.15, -0.1) is 0 Å².